The van der Waals surface area contributed by atoms with Crippen LogP contribution in [-0.2, 0) is 4.79 Å². The third kappa shape index (κ3) is 4.00. The molecule has 0 fully saturated rings. The second-order valence-corrected chi connectivity index (χ2v) is 4.23. The van der Waals surface area contributed by atoms with E-state index < -0.39 is 0 Å². The highest BCUT2D eigenvalue weighted by molar-refractivity contribution is 5.88. The minimum atomic E-state index is -0.0765. The molecule has 0 saturated carbocycles. The summed E-state index contributed by atoms with van der Waals surface area (Å²) in [5, 5.41) is 11.9. The van der Waals surface area contributed by atoms with Gasteiger partial charge in [-0.25, -0.2) is 0 Å². The van der Waals surface area contributed by atoms with Gasteiger partial charge in [0.05, 0.1) is 0 Å². The van der Waals surface area contributed by atoms with Gasteiger partial charge in [-0.3, -0.25) is 4.79 Å². The number of carbonyl (C=O) groups excluding carboxylic acids is 1. The van der Waals surface area contributed by atoms with Crippen LogP contribution in [0.4, 0.5) is 5.69 Å². The fraction of sp³-hybridized carbons (Fsp3) is 0.0625. The lowest BCUT2D eigenvalue weighted by molar-refractivity contribution is -0.114. The summed E-state index contributed by atoms with van der Waals surface area (Å²) >= 11 is 0. The summed E-state index contributed by atoms with van der Waals surface area (Å²) in [7, 11) is 0. The quantitative estimate of drug-likeness (QED) is 0.822. The molecule has 0 aliphatic rings. The second-order valence-electron chi connectivity index (χ2n) is 4.23. The van der Waals surface area contributed by atoms with Crippen LogP contribution in [0.25, 0.3) is 12.2 Å². The molecule has 0 unspecified atom stereocenters. The van der Waals surface area contributed by atoms with Crippen molar-refractivity contribution >= 4 is 23.7 Å². The molecule has 19 heavy (non-hydrogen) atoms. The van der Waals surface area contributed by atoms with Gasteiger partial charge in [0.2, 0.25) is 5.91 Å². The number of rotatable bonds is 3. The zero-order chi connectivity index (χ0) is 13.7. The topological polar surface area (TPSA) is 49.3 Å². The SMILES string of the molecule is CC(=O)Nc1ccc(/C=C/c2ccc(O)cc2)cc1. The first-order chi connectivity index (χ1) is 9.13. The lowest BCUT2D eigenvalue weighted by atomic mass is 10.1. The van der Waals surface area contributed by atoms with E-state index in [-0.39, 0.29) is 11.7 Å². The Hall–Kier alpha value is -2.55. The van der Waals surface area contributed by atoms with Crippen LogP contribution < -0.4 is 5.32 Å². The Morgan fingerprint density at radius 1 is 0.947 bits per heavy atom. The average Bonchev–Trinajstić information content (AvgIpc) is 2.39. The number of hydrogen-bond acceptors (Lipinski definition) is 2. The molecule has 2 aromatic carbocycles. The highest BCUT2D eigenvalue weighted by Crippen LogP contribution is 2.14. The van der Waals surface area contributed by atoms with Gasteiger partial charge < -0.3 is 10.4 Å². The fourth-order valence-corrected chi connectivity index (χ4v) is 1.66. The van der Waals surface area contributed by atoms with Crippen molar-refractivity contribution in [1.82, 2.24) is 0 Å². The molecule has 3 nitrogen and oxygen atoms in total. The second kappa shape index (κ2) is 5.87. The van der Waals surface area contributed by atoms with E-state index in [4.69, 9.17) is 0 Å². The van der Waals surface area contributed by atoms with E-state index in [1.54, 1.807) is 12.1 Å². The summed E-state index contributed by atoms with van der Waals surface area (Å²) in [6.07, 6.45) is 3.94. The van der Waals surface area contributed by atoms with E-state index in [1.165, 1.54) is 6.92 Å². The first kappa shape index (κ1) is 12.9. The molecular weight excluding hydrogens is 238 g/mol. The van der Waals surface area contributed by atoms with E-state index >= 15 is 0 Å². The van der Waals surface area contributed by atoms with E-state index in [2.05, 4.69) is 5.32 Å². The zero-order valence-electron chi connectivity index (χ0n) is 10.6. The molecule has 1 amide bonds. The Kier molecular flexibility index (Phi) is 3.98. The number of phenolic OH excluding ortho intramolecular Hbond substituents is 1. The maximum absolute atomic E-state index is 10.9. The monoisotopic (exact) mass is 253 g/mol. The van der Waals surface area contributed by atoms with Crippen LogP contribution in [0.1, 0.15) is 18.1 Å². The molecule has 96 valence electrons. The minimum Gasteiger partial charge on any atom is -0.508 e. The molecule has 3 heteroatoms. The third-order valence-electron chi connectivity index (χ3n) is 2.59. The molecule has 2 rings (SSSR count). The predicted octanol–water partition coefficient (Wildman–Crippen LogP) is 3.52. The maximum Gasteiger partial charge on any atom is 0.221 e. The van der Waals surface area contributed by atoms with Gasteiger partial charge in [0.1, 0.15) is 5.75 Å². The molecule has 0 heterocycles. The molecule has 0 radical (unpaired) electrons. The molecule has 2 aromatic rings. The van der Waals surface area contributed by atoms with Crippen molar-refractivity contribution in [3.05, 3.63) is 59.7 Å². The van der Waals surface area contributed by atoms with Gasteiger partial charge in [-0.05, 0) is 35.4 Å². The molecule has 0 aliphatic carbocycles. The van der Waals surface area contributed by atoms with Crippen LogP contribution in [0.3, 0.4) is 0 Å². The van der Waals surface area contributed by atoms with Crippen LogP contribution in [0, 0.1) is 0 Å². The van der Waals surface area contributed by atoms with Crippen molar-refractivity contribution in [2.45, 2.75) is 6.92 Å². The Bertz CT molecular complexity index is 583. The van der Waals surface area contributed by atoms with Crippen LogP contribution >= 0.6 is 0 Å². The summed E-state index contributed by atoms with van der Waals surface area (Å²) in [6.45, 7) is 1.48. The van der Waals surface area contributed by atoms with E-state index in [9.17, 15) is 9.90 Å². The van der Waals surface area contributed by atoms with E-state index in [0.29, 0.717) is 0 Å². The van der Waals surface area contributed by atoms with Crippen molar-refractivity contribution in [3.63, 3.8) is 0 Å². The first-order valence-electron chi connectivity index (χ1n) is 5.98. The number of amides is 1. The van der Waals surface area contributed by atoms with E-state index in [0.717, 1.165) is 16.8 Å². The highest BCUT2D eigenvalue weighted by Gasteiger charge is 1.94. The molecule has 0 aromatic heterocycles. The minimum absolute atomic E-state index is 0.0765. The Balaban J connectivity index is 2.06. The Morgan fingerprint density at radius 2 is 1.42 bits per heavy atom. The number of aromatic hydroxyl groups is 1. The van der Waals surface area contributed by atoms with Crippen LogP contribution in [0.5, 0.6) is 5.75 Å². The number of hydrogen-bond donors (Lipinski definition) is 2. The number of anilines is 1. The van der Waals surface area contributed by atoms with Gasteiger partial charge in [-0.2, -0.15) is 0 Å². The summed E-state index contributed by atoms with van der Waals surface area (Å²) in [5.74, 6) is 0.184. The van der Waals surface area contributed by atoms with Gasteiger partial charge in [-0.15, -0.1) is 0 Å². The summed E-state index contributed by atoms with van der Waals surface area (Å²) < 4.78 is 0. The standard InChI is InChI=1S/C16H15NO2/c1-12(18)17-15-8-4-13(5-9-15)2-3-14-6-10-16(19)11-7-14/h2-11,19H,1H3,(H,17,18)/b3-2+. The van der Waals surface area contributed by atoms with Gasteiger partial charge >= 0.3 is 0 Å². The molecule has 0 aliphatic heterocycles. The van der Waals surface area contributed by atoms with Crippen molar-refractivity contribution in [3.8, 4) is 5.75 Å². The van der Waals surface area contributed by atoms with Gasteiger partial charge in [0.25, 0.3) is 0 Å². The fourth-order valence-electron chi connectivity index (χ4n) is 1.66. The normalized spacial score (nSPS) is 10.6. The first-order valence-corrected chi connectivity index (χ1v) is 5.98. The van der Waals surface area contributed by atoms with Crippen LogP contribution in [0.15, 0.2) is 48.5 Å². The lowest BCUT2D eigenvalue weighted by Crippen LogP contribution is -2.05. The largest absolute Gasteiger partial charge is 0.508 e. The van der Waals surface area contributed by atoms with Crippen molar-refractivity contribution in [1.29, 1.82) is 0 Å². The molecule has 2 N–H and O–H groups in total. The molecule has 0 atom stereocenters. The zero-order valence-corrected chi connectivity index (χ0v) is 10.6. The Labute approximate surface area is 112 Å². The van der Waals surface area contributed by atoms with Gasteiger partial charge in [0, 0.05) is 12.6 Å². The molecule has 0 saturated heterocycles. The molecular formula is C16H15NO2. The Morgan fingerprint density at radius 3 is 1.89 bits per heavy atom. The summed E-state index contributed by atoms with van der Waals surface area (Å²) in [4.78, 5) is 10.9. The number of benzene rings is 2. The van der Waals surface area contributed by atoms with E-state index in [1.807, 2.05) is 48.6 Å². The number of carbonyl (C=O) groups is 1. The van der Waals surface area contributed by atoms with Crippen LogP contribution in [0.2, 0.25) is 0 Å². The number of nitrogens with one attached hydrogen (secondary N) is 1. The summed E-state index contributed by atoms with van der Waals surface area (Å²) in [6, 6.07) is 14.6. The lowest BCUT2D eigenvalue weighted by Gasteiger charge is -2.01. The molecule has 0 bridgehead atoms. The molecule has 0 spiro atoms. The summed E-state index contributed by atoms with van der Waals surface area (Å²) in [5.41, 5.74) is 2.85. The van der Waals surface area contributed by atoms with Crippen LogP contribution in [-0.4, -0.2) is 11.0 Å². The van der Waals surface area contributed by atoms with Crippen molar-refractivity contribution in [2.75, 3.05) is 5.32 Å². The maximum atomic E-state index is 10.9. The smallest absolute Gasteiger partial charge is 0.221 e. The average molecular weight is 253 g/mol. The van der Waals surface area contributed by atoms with Crippen molar-refractivity contribution in [2.24, 2.45) is 0 Å². The third-order valence-corrected chi connectivity index (χ3v) is 2.59. The number of phenols is 1. The van der Waals surface area contributed by atoms with Gasteiger partial charge in [-0.1, -0.05) is 36.4 Å². The van der Waals surface area contributed by atoms with Gasteiger partial charge in [0.15, 0.2) is 0 Å². The van der Waals surface area contributed by atoms with Crippen molar-refractivity contribution < 1.29 is 9.90 Å². The highest BCUT2D eigenvalue weighted by atomic mass is 16.3. The predicted molar refractivity (Wildman–Crippen MR) is 77.8 cm³/mol.